The van der Waals surface area contributed by atoms with E-state index < -0.39 is 0 Å². The number of hydrogen-bond donors (Lipinski definition) is 1. The van der Waals surface area contributed by atoms with E-state index in [0.29, 0.717) is 5.82 Å². The minimum atomic E-state index is 0.256. The molecule has 2 aromatic heterocycles. The molecule has 110 valence electrons. The van der Waals surface area contributed by atoms with Crippen LogP contribution in [0.4, 0.5) is 5.82 Å². The van der Waals surface area contributed by atoms with Gasteiger partial charge in [-0.05, 0) is 0 Å². The molecule has 1 unspecified atom stereocenters. The smallest absolute Gasteiger partial charge is 0.149 e. The zero-order valence-corrected chi connectivity index (χ0v) is 12.1. The molecule has 7 nitrogen and oxygen atoms in total. The lowest BCUT2D eigenvalue weighted by molar-refractivity contribution is 0.00876. The second kappa shape index (κ2) is 4.78. The summed E-state index contributed by atoms with van der Waals surface area (Å²) in [4.78, 5) is 14.2. The highest BCUT2D eigenvalue weighted by atomic mass is 15.4. The molecule has 2 bridgehead atoms. The van der Waals surface area contributed by atoms with E-state index in [2.05, 4.69) is 19.9 Å². The van der Waals surface area contributed by atoms with Crippen LogP contribution in [0.3, 0.4) is 0 Å². The quantitative estimate of drug-likeness (QED) is 0.845. The van der Waals surface area contributed by atoms with Gasteiger partial charge in [-0.15, -0.1) is 0 Å². The summed E-state index contributed by atoms with van der Waals surface area (Å²) in [6.45, 7) is 5.47. The van der Waals surface area contributed by atoms with Gasteiger partial charge in [-0.25, -0.2) is 9.97 Å². The van der Waals surface area contributed by atoms with Gasteiger partial charge in [-0.1, -0.05) is 0 Å². The molecule has 2 N–H and O–H groups in total. The van der Waals surface area contributed by atoms with Crippen LogP contribution in [0.5, 0.6) is 0 Å². The summed E-state index contributed by atoms with van der Waals surface area (Å²) in [5, 5.41) is 4.20. The van der Waals surface area contributed by atoms with Crippen molar-refractivity contribution in [2.24, 2.45) is 7.05 Å². The fraction of sp³-hybridized carbons (Fsp3) is 0.500. The molecular weight excluding hydrogens is 266 g/mol. The zero-order valence-electron chi connectivity index (χ0n) is 12.1. The second-order valence-corrected chi connectivity index (χ2v) is 5.79. The Morgan fingerprint density at radius 2 is 2.00 bits per heavy atom. The number of fused-ring (bicyclic) bond motifs is 3. The van der Waals surface area contributed by atoms with Crippen LogP contribution in [0, 0.1) is 0 Å². The number of piperazine rings is 3. The molecule has 3 saturated heterocycles. The molecule has 5 heterocycles. The minimum Gasteiger partial charge on any atom is -0.384 e. The Labute approximate surface area is 123 Å². The number of hydrogen-bond acceptors (Lipinski definition) is 6. The molecule has 5 rings (SSSR count). The van der Waals surface area contributed by atoms with Gasteiger partial charge >= 0.3 is 0 Å². The normalized spacial score (nSPS) is 28.0. The maximum Gasteiger partial charge on any atom is 0.149 e. The van der Waals surface area contributed by atoms with Gasteiger partial charge in [0.25, 0.3) is 0 Å². The summed E-state index contributed by atoms with van der Waals surface area (Å²) in [6.07, 6.45) is 3.75. The Hall–Kier alpha value is -1.99. The van der Waals surface area contributed by atoms with Crippen LogP contribution in [0.2, 0.25) is 0 Å². The Balaban J connectivity index is 1.71. The first-order valence-electron chi connectivity index (χ1n) is 7.29. The summed E-state index contributed by atoms with van der Waals surface area (Å²) in [5.74, 6) is 1.36. The molecule has 0 saturated carbocycles. The van der Waals surface area contributed by atoms with Crippen molar-refractivity contribution in [1.82, 2.24) is 29.5 Å². The first kappa shape index (κ1) is 12.7. The molecule has 1 atom stereocenters. The highest BCUT2D eigenvalue weighted by molar-refractivity contribution is 5.60. The van der Waals surface area contributed by atoms with Crippen molar-refractivity contribution in [3.05, 3.63) is 24.3 Å². The first-order chi connectivity index (χ1) is 10.2. The Morgan fingerprint density at radius 3 is 2.62 bits per heavy atom. The van der Waals surface area contributed by atoms with Crippen LogP contribution < -0.4 is 5.73 Å². The standard InChI is InChI=1S/C14H19N7/c1-19-8-10(7-16-19)11-6-13(15)18-14(17-11)12-9-20-2-4-21(12)5-3-20/h6-8,12H,2-5,9H2,1H3,(H2,15,17,18). The third kappa shape index (κ3) is 2.28. The second-order valence-electron chi connectivity index (χ2n) is 5.79. The van der Waals surface area contributed by atoms with Crippen molar-refractivity contribution in [3.63, 3.8) is 0 Å². The highest BCUT2D eigenvalue weighted by Gasteiger charge is 2.34. The number of anilines is 1. The van der Waals surface area contributed by atoms with Gasteiger partial charge < -0.3 is 5.73 Å². The Kier molecular flexibility index (Phi) is 2.90. The monoisotopic (exact) mass is 285 g/mol. The summed E-state index contributed by atoms with van der Waals surface area (Å²) in [5.41, 5.74) is 7.82. The fourth-order valence-corrected chi connectivity index (χ4v) is 3.20. The third-order valence-corrected chi connectivity index (χ3v) is 4.34. The van der Waals surface area contributed by atoms with Crippen molar-refractivity contribution in [2.45, 2.75) is 6.04 Å². The molecule has 0 amide bonds. The molecule has 2 aromatic rings. The lowest BCUT2D eigenvalue weighted by atomic mass is 10.1. The fourth-order valence-electron chi connectivity index (χ4n) is 3.20. The molecule has 21 heavy (non-hydrogen) atoms. The number of nitrogen functional groups attached to an aromatic ring is 1. The third-order valence-electron chi connectivity index (χ3n) is 4.34. The van der Waals surface area contributed by atoms with Crippen molar-refractivity contribution in [1.29, 1.82) is 0 Å². The van der Waals surface area contributed by atoms with Crippen molar-refractivity contribution < 1.29 is 0 Å². The molecule has 0 aliphatic carbocycles. The SMILES string of the molecule is Cn1cc(-c2cc(N)nc(C3CN4CCN3CC4)n2)cn1. The van der Waals surface area contributed by atoms with Crippen LogP contribution in [0.15, 0.2) is 18.5 Å². The van der Waals surface area contributed by atoms with Crippen molar-refractivity contribution in [3.8, 4) is 11.3 Å². The van der Waals surface area contributed by atoms with Crippen molar-refractivity contribution >= 4 is 5.82 Å². The van der Waals surface area contributed by atoms with Crippen LogP contribution in [0.25, 0.3) is 11.3 Å². The molecule has 3 fully saturated rings. The van der Waals surface area contributed by atoms with Crippen LogP contribution in [0.1, 0.15) is 11.9 Å². The summed E-state index contributed by atoms with van der Waals surface area (Å²) < 4.78 is 1.77. The lowest BCUT2D eigenvalue weighted by Crippen LogP contribution is -2.57. The van der Waals surface area contributed by atoms with Crippen LogP contribution in [-0.4, -0.2) is 62.3 Å². The van der Waals surface area contributed by atoms with E-state index in [-0.39, 0.29) is 6.04 Å². The molecule has 3 aliphatic heterocycles. The van der Waals surface area contributed by atoms with Gasteiger partial charge in [-0.3, -0.25) is 14.5 Å². The maximum atomic E-state index is 6.00. The minimum absolute atomic E-state index is 0.256. The van der Waals surface area contributed by atoms with Gasteiger partial charge in [0, 0.05) is 57.6 Å². The summed E-state index contributed by atoms with van der Waals surface area (Å²) in [6, 6.07) is 2.07. The predicted molar refractivity (Wildman–Crippen MR) is 79.4 cm³/mol. The van der Waals surface area contributed by atoms with Gasteiger partial charge in [0.1, 0.15) is 11.6 Å². The number of nitrogens with zero attached hydrogens (tertiary/aromatic N) is 6. The van der Waals surface area contributed by atoms with Crippen molar-refractivity contribution in [2.75, 3.05) is 38.5 Å². The van der Waals surface area contributed by atoms with E-state index >= 15 is 0 Å². The Morgan fingerprint density at radius 1 is 1.19 bits per heavy atom. The van der Waals surface area contributed by atoms with Crippen LogP contribution >= 0.6 is 0 Å². The Bertz CT molecular complexity index is 657. The van der Waals surface area contributed by atoms with E-state index in [1.807, 2.05) is 25.5 Å². The van der Waals surface area contributed by atoms with E-state index in [1.54, 1.807) is 4.68 Å². The number of nitrogens with two attached hydrogens (primary N) is 1. The maximum absolute atomic E-state index is 6.00. The summed E-state index contributed by atoms with van der Waals surface area (Å²) >= 11 is 0. The highest BCUT2D eigenvalue weighted by Crippen LogP contribution is 2.28. The topological polar surface area (TPSA) is 76.1 Å². The first-order valence-corrected chi connectivity index (χ1v) is 7.29. The van der Waals surface area contributed by atoms with Gasteiger partial charge in [-0.2, -0.15) is 5.10 Å². The number of rotatable bonds is 2. The van der Waals surface area contributed by atoms with E-state index in [0.717, 1.165) is 49.8 Å². The van der Waals surface area contributed by atoms with Gasteiger partial charge in [0.05, 0.1) is 17.9 Å². The van der Waals surface area contributed by atoms with Gasteiger partial charge in [0.2, 0.25) is 0 Å². The van der Waals surface area contributed by atoms with E-state index in [1.165, 1.54) is 0 Å². The lowest BCUT2D eigenvalue weighted by Gasteiger charge is -2.46. The van der Waals surface area contributed by atoms with Gasteiger partial charge in [0.15, 0.2) is 0 Å². The zero-order chi connectivity index (χ0) is 14.4. The average Bonchev–Trinajstić information content (AvgIpc) is 2.94. The summed E-state index contributed by atoms with van der Waals surface area (Å²) in [7, 11) is 1.90. The molecule has 7 heteroatoms. The average molecular weight is 285 g/mol. The predicted octanol–water partition coefficient (Wildman–Crippen LogP) is 0.132. The van der Waals surface area contributed by atoms with E-state index in [4.69, 9.17) is 10.7 Å². The van der Waals surface area contributed by atoms with E-state index in [9.17, 15) is 0 Å². The molecule has 0 spiro atoms. The molecule has 0 aromatic carbocycles. The molecule has 0 radical (unpaired) electrons. The molecule has 3 aliphatic rings. The number of aryl methyl sites for hydroxylation is 1. The largest absolute Gasteiger partial charge is 0.384 e. The number of aromatic nitrogens is 4. The van der Waals surface area contributed by atoms with Crippen LogP contribution in [-0.2, 0) is 7.05 Å². The molecular formula is C14H19N7.